The van der Waals surface area contributed by atoms with Crippen LogP contribution >= 0.6 is 0 Å². The minimum absolute atomic E-state index is 0.0597. The number of ether oxygens (including phenoxy) is 1. The predicted molar refractivity (Wildman–Crippen MR) is 127 cm³/mol. The number of nitrogens with zero attached hydrogens (tertiary/aromatic N) is 3. The molecule has 160 valence electrons. The van der Waals surface area contributed by atoms with E-state index in [9.17, 15) is 0 Å². The van der Waals surface area contributed by atoms with Gasteiger partial charge in [0.2, 0.25) is 0 Å². The first-order chi connectivity index (χ1) is 15.0. The highest BCUT2D eigenvalue weighted by Crippen LogP contribution is 2.38. The van der Waals surface area contributed by atoms with Crippen molar-refractivity contribution in [2.45, 2.75) is 50.7 Å². The Morgan fingerprint density at radius 1 is 1.16 bits per heavy atom. The van der Waals surface area contributed by atoms with Gasteiger partial charge in [-0.3, -0.25) is 0 Å². The van der Waals surface area contributed by atoms with Gasteiger partial charge in [-0.1, -0.05) is 41.9 Å². The van der Waals surface area contributed by atoms with Crippen LogP contribution in [0.25, 0.3) is 11.0 Å². The summed E-state index contributed by atoms with van der Waals surface area (Å²) < 4.78 is 8.87. The van der Waals surface area contributed by atoms with Crippen LogP contribution in [0.1, 0.15) is 49.8 Å². The maximum atomic E-state index is 6.60. The van der Waals surface area contributed by atoms with Crippen LogP contribution < -0.4 is 5.46 Å². The topological polar surface area (TPSA) is 30.3 Å². The molecule has 2 aromatic carbocycles. The summed E-state index contributed by atoms with van der Waals surface area (Å²) in [6.45, 7) is 6.09. The third-order valence-electron chi connectivity index (χ3n) is 7.31. The molecule has 2 heterocycles. The first-order valence-corrected chi connectivity index (χ1v) is 11.6. The highest BCUT2D eigenvalue weighted by atomic mass is 16.5. The van der Waals surface area contributed by atoms with Gasteiger partial charge in [0, 0.05) is 17.5 Å². The average molecular weight is 413 g/mol. The molecule has 0 spiro atoms. The molecular formula is C26H32BN3O. The third-order valence-corrected chi connectivity index (χ3v) is 7.31. The molecule has 1 saturated carbocycles. The minimum atomic E-state index is -0.0597. The summed E-state index contributed by atoms with van der Waals surface area (Å²) in [5.74, 6) is 0.797. The fraction of sp³-hybridized carbons (Fsp3) is 0.500. The lowest BCUT2D eigenvalue weighted by molar-refractivity contribution is 0.00702. The Bertz CT molecular complexity index is 1040. The summed E-state index contributed by atoms with van der Waals surface area (Å²) in [7, 11) is 8.51. The Hall–Kier alpha value is -2.11. The summed E-state index contributed by atoms with van der Waals surface area (Å²) in [6.07, 6.45) is 6.79. The van der Waals surface area contributed by atoms with Gasteiger partial charge in [0.1, 0.15) is 7.85 Å². The minimum Gasteiger partial charge on any atom is -0.373 e. The van der Waals surface area contributed by atoms with Crippen molar-refractivity contribution in [1.29, 1.82) is 0 Å². The van der Waals surface area contributed by atoms with Crippen molar-refractivity contribution in [3.63, 3.8) is 0 Å². The van der Waals surface area contributed by atoms with E-state index in [0.29, 0.717) is 6.61 Å². The molecule has 1 aromatic heterocycles. The number of aromatic nitrogens is 2. The van der Waals surface area contributed by atoms with Crippen molar-refractivity contribution in [3.8, 4) is 0 Å². The molecule has 31 heavy (non-hydrogen) atoms. The summed E-state index contributed by atoms with van der Waals surface area (Å²) in [6, 6.07) is 15.0. The lowest BCUT2D eigenvalue weighted by atomic mass is 9.73. The van der Waals surface area contributed by atoms with E-state index in [2.05, 4.69) is 59.8 Å². The van der Waals surface area contributed by atoms with Crippen molar-refractivity contribution in [1.82, 2.24) is 14.5 Å². The van der Waals surface area contributed by atoms with Gasteiger partial charge < -0.3 is 14.2 Å². The molecule has 2 aliphatic rings. The molecule has 1 atom stereocenters. The molecule has 3 aromatic rings. The number of hydrogen-bond donors (Lipinski definition) is 0. The molecular weight excluding hydrogens is 381 g/mol. The fourth-order valence-corrected chi connectivity index (χ4v) is 4.98. The first-order valence-electron chi connectivity index (χ1n) is 11.6. The summed E-state index contributed by atoms with van der Waals surface area (Å²) in [5, 5.41) is 0. The van der Waals surface area contributed by atoms with Crippen LogP contribution in [0.15, 0.2) is 48.8 Å². The third kappa shape index (κ3) is 4.31. The number of likely N-dealkylation sites (tertiary alicyclic amines) is 1. The van der Waals surface area contributed by atoms with Crippen molar-refractivity contribution in [2.24, 2.45) is 5.92 Å². The van der Waals surface area contributed by atoms with Crippen molar-refractivity contribution >= 4 is 24.3 Å². The number of benzene rings is 2. The predicted octanol–water partition coefficient (Wildman–Crippen LogP) is 3.98. The zero-order chi connectivity index (χ0) is 21.4. The summed E-state index contributed by atoms with van der Waals surface area (Å²) >= 11 is 0. The monoisotopic (exact) mass is 413 g/mol. The smallest absolute Gasteiger partial charge is 0.113 e. The maximum Gasteiger partial charge on any atom is 0.113 e. The van der Waals surface area contributed by atoms with E-state index in [1.54, 1.807) is 0 Å². The number of hydrogen-bond acceptors (Lipinski definition) is 3. The second-order valence-corrected chi connectivity index (χ2v) is 9.72. The van der Waals surface area contributed by atoms with Crippen LogP contribution in [0.4, 0.5) is 0 Å². The van der Waals surface area contributed by atoms with Gasteiger partial charge in [0.05, 0.1) is 30.1 Å². The van der Waals surface area contributed by atoms with Gasteiger partial charge in [0.15, 0.2) is 0 Å². The average Bonchev–Trinajstić information content (AvgIpc) is 3.52. The Kier molecular flexibility index (Phi) is 5.66. The zero-order valence-electron chi connectivity index (χ0n) is 18.8. The molecule has 2 radical (unpaired) electrons. The number of imidazole rings is 1. The van der Waals surface area contributed by atoms with Gasteiger partial charge in [-0.2, -0.15) is 0 Å². The van der Waals surface area contributed by atoms with Gasteiger partial charge in [-0.05, 0) is 70.3 Å². The van der Waals surface area contributed by atoms with Crippen LogP contribution in [0, 0.1) is 5.92 Å². The number of rotatable bonds is 7. The van der Waals surface area contributed by atoms with E-state index in [4.69, 9.17) is 17.6 Å². The van der Waals surface area contributed by atoms with Crippen molar-refractivity contribution in [2.75, 3.05) is 26.7 Å². The van der Waals surface area contributed by atoms with E-state index >= 15 is 0 Å². The largest absolute Gasteiger partial charge is 0.373 e. The normalized spacial score (nSPS) is 20.2. The number of fused-ring (bicyclic) bond motifs is 1. The van der Waals surface area contributed by atoms with E-state index in [1.807, 2.05) is 12.4 Å². The lowest BCUT2D eigenvalue weighted by Gasteiger charge is -2.41. The fourth-order valence-electron chi connectivity index (χ4n) is 4.98. The Morgan fingerprint density at radius 3 is 2.61 bits per heavy atom. The van der Waals surface area contributed by atoms with Crippen LogP contribution in [-0.2, 0) is 16.7 Å². The second kappa shape index (κ2) is 8.44. The quantitative estimate of drug-likeness (QED) is 0.549. The van der Waals surface area contributed by atoms with Crippen LogP contribution in [0.3, 0.4) is 0 Å². The van der Waals surface area contributed by atoms with Gasteiger partial charge >= 0.3 is 0 Å². The van der Waals surface area contributed by atoms with E-state index in [-0.39, 0.29) is 11.5 Å². The standard InChI is InChI=1S/C26H32BN3O/c1-19(23-14-22(27)15-24-25(23)28-18-30(24)16-20-8-9-20)31-17-26(10-12-29(2)13-11-26)21-6-4-3-5-7-21/h3-7,14-15,18-20H,8-13,16-17H2,1-2H3. The van der Waals surface area contributed by atoms with Crippen molar-refractivity contribution in [3.05, 3.63) is 59.9 Å². The van der Waals surface area contributed by atoms with Gasteiger partial charge in [-0.15, -0.1) is 0 Å². The highest BCUT2D eigenvalue weighted by molar-refractivity contribution is 6.33. The molecule has 2 fully saturated rings. The maximum absolute atomic E-state index is 6.60. The molecule has 1 unspecified atom stereocenters. The van der Waals surface area contributed by atoms with E-state index in [0.717, 1.165) is 60.5 Å². The summed E-state index contributed by atoms with van der Waals surface area (Å²) in [5.41, 5.74) is 5.50. The first kappa shape index (κ1) is 20.8. The van der Waals surface area contributed by atoms with Crippen LogP contribution in [0.2, 0.25) is 0 Å². The molecule has 5 heteroatoms. The summed E-state index contributed by atoms with van der Waals surface area (Å²) in [4.78, 5) is 7.18. The van der Waals surface area contributed by atoms with E-state index in [1.165, 1.54) is 18.4 Å². The van der Waals surface area contributed by atoms with Gasteiger partial charge in [-0.25, -0.2) is 4.98 Å². The molecule has 0 N–H and O–H groups in total. The molecule has 4 nitrogen and oxygen atoms in total. The van der Waals surface area contributed by atoms with Crippen molar-refractivity contribution < 1.29 is 4.74 Å². The van der Waals surface area contributed by atoms with E-state index < -0.39 is 0 Å². The van der Waals surface area contributed by atoms with Crippen LogP contribution in [-0.4, -0.2) is 49.0 Å². The van der Waals surface area contributed by atoms with Gasteiger partial charge in [0.25, 0.3) is 0 Å². The second-order valence-electron chi connectivity index (χ2n) is 9.72. The molecule has 1 aliphatic heterocycles. The lowest BCUT2D eigenvalue weighted by Crippen LogP contribution is -2.44. The Balaban J connectivity index is 1.39. The van der Waals surface area contributed by atoms with Crippen LogP contribution in [0.5, 0.6) is 0 Å². The Labute approximate surface area is 187 Å². The molecule has 0 bridgehead atoms. The molecule has 1 saturated heterocycles. The SMILES string of the molecule is [B]c1cc(C(C)OCC2(c3ccccc3)CCN(C)CC2)c2ncn(CC3CC3)c2c1. The molecule has 5 rings (SSSR count). The highest BCUT2D eigenvalue weighted by Gasteiger charge is 2.36. The molecule has 0 amide bonds. The number of piperidine rings is 1. The Morgan fingerprint density at radius 2 is 1.90 bits per heavy atom. The molecule has 1 aliphatic carbocycles. The zero-order valence-corrected chi connectivity index (χ0v) is 18.8.